The topological polar surface area (TPSA) is 54.3 Å². The Labute approximate surface area is 165 Å². The van der Waals surface area contributed by atoms with Crippen molar-refractivity contribution in [3.05, 3.63) is 56.1 Å². The average Bonchev–Trinajstić information content (AvgIpc) is 2.92. The molecule has 0 bridgehead atoms. The molecule has 2 aromatic rings. The van der Waals surface area contributed by atoms with Gasteiger partial charge in [-0.05, 0) is 36.3 Å². The molecule has 0 unspecified atom stereocenters. The van der Waals surface area contributed by atoms with Crippen molar-refractivity contribution in [2.75, 3.05) is 13.1 Å². The fourth-order valence-corrected chi connectivity index (χ4v) is 4.67. The molecule has 5 nitrogen and oxygen atoms in total. The molecule has 146 valence electrons. The van der Waals surface area contributed by atoms with Crippen molar-refractivity contribution in [2.45, 2.75) is 46.8 Å². The number of rotatable bonds is 6. The van der Waals surface area contributed by atoms with Crippen LogP contribution in [0.1, 0.15) is 37.1 Å². The highest BCUT2D eigenvalue weighted by molar-refractivity contribution is 7.07. The van der Waals surface area contributed by atoms with Crippen LogP contribution in [0.2, 0.25) is 0 Å². The van der Waals surface area contributed by atoms with E-state index in [1.54, 1.807) is 5.38 Å². The molecule has 1 saturated heterocycles. The minimum Gasteiger partial charge on any atom is -0.350 e. The lowest BCUT2D eigenvalue weighted by atomic mass is 9.91. The van der Waals surface area contributed by atoms with E-state index in [-0.39, 0.29) is 17.3 Å². The van der Waals surface area contributed by atoms with Crippen molar-refractivity contribution < 1.29 is 4.79 Å². The predicted molar refractivity (Wildman–Crippen MR) is 110 cm³/mol. The summed E-state index contributed by atoms with van der Waals surface area (Å²) in [7, 11) is 0. The third-order valence-electron chi connectivity index (χ3n) is 5.14. The Bertz CT molecular complexity index is 815. The minimum atomic E-state index is -0.140. The molecule has 3 rings (SSSR count). The summed E-state index contributed by atoms with van der Waals surface area (Å²) in [6, 6.07) is 8.46. The summed E-state index contributed by atoms with van der Waals surface area (Å²) in [5.74, 6) is 1.39. The van der Waals surface area contributed by atoms with Gasteiger partial charge in [-0.1, -0.05) is 49.4 Å². The zero-order valence-electron chi connectivity index (χ0n) is 16.4. The number of aromatic nitrogens is 1. The van der Waals surface area contributed by atoms with Gasteiger partial charge in [-0.3, -0.25) is 19.1 Å². The summed E-state index contributed by atoms with van der Waals surface area (Å²) in [5, 5.41) is 4.68. The molecule has 1 amide bonds. The molecular formula is C21H29N3O2S. The number of aryl methyl sites for hydroxylation is 1. The largest absolute Gasteiger partial charge is 0.350 e. The van der Waals surface area contributed by atoms with Crippen molar-refractivity contribution in [2.24, 2.45) is 11.8 Å². The number of piperidine rings is 1. The van der Waals surface area contributed by atoms with E-state index < -0.39 is 0 Å². The fraction of sp³-hybridized carbons (Fsp3) is 0.524. The van der Waals surface area contributed by atoms with Crippen LogP contribution in [0.15, 0.2) is 34.4 Å². The summed E-state index contributed by atoms with van der Waals surface area (Å²) in [4.78, 5) is 26.2. The summed E-state index contributed by atoms with van der Waals surface area (Å²) >= 11 is 1.13. The number of carbonyl (C=O) groups is 1. The average molecular weight is 388 g/mol. The first-order chi connectivity index (χ1) is 12.9. The molecule has 1 N–H and O–H groups in total. The molecule has 2 atom stereocenters. The standard InChI is InChI=1S/C21H29N3O2S/c1-15-8-16(2)11-23(10-15)12-19-6-4-18(5-7-19)9-22-20(25)13-24-17(3)14-27-21(24)26/h4-7,14-16H,8-13H2,1-3H3,(H,22,25)/t15-,16+. The molecule has 0 spiro atoms. The quantitative estimate of drug-likeness (QED) is 0.829. The van der Waals surface area contributed by atoms with Gasteiger partial charge in [-0.15, -0.1) is 0 Å². The first kappa shape index (κ1) is 19.8. The molecule has 1 aromatic carbocycles. The van der Waals surface area contributed by atoms with E-state index in [2.05, 4.69) is 48.3 Å². The predicted octanol–water partition coefficient (Wildman–Crippen LogP) is 3.01. The van der Waals surface area contributed by atoms with E-state index in [1.807, 2.05) is 6.92 Å². The van der Waals surface area contributed by atoms with Crippen molar-refractivity contribution in [3.8, 4) is 0 Å². The van der Waals surface area contributed by atoms with Gasteiger partial charge >= 0.3 is 4.87 Å². The summed E-state index contributed by atoms with van der Waals surface area (Å²) in [5.41, 5.74) is 3.21. The Balaban J connectivity index is 1.49. The summed E-state index contributed by atoms with van der Waals surface area (Å²) < 4.78 is 1.50. The van der Waals surface area contributed by atoms with E-state index >= 15 is 0 Å². The van der Waals surface area contributed by atoms with Gasteiger partial charge in [0.05, 0.1) is 0 Å². The van der Waals surface area contributed by atoms with Crippen molar-refractivity contribution in [1.82, 2.24) is 14.8 Å². The van der Waals surface area contributed by atoms with Crippen LogP contribution in [-0.4, -0.2) is 28.5 Å². The second-order valence-electron chi connectivity index (χ2n) is 7.96. The third kappa shape index (κ3) is 5.53. The van der Waals surface area contributed by atoms with E-state index in [1.165, 1.54) is 29.6 Å². The Morgan fingerprint density at radius 1 is 1.15 bits per heavy atom. The lowest BCUT2D eigenvalue weighted by Crippen LogP contribution is -2.38. The minimum absolute atomic E-state index is 0.0809. The van der Waals surface area contributed by atoms with Crippen molar-refractivity contribution in [3.63, 3.8) is 0 Å². The van der Waals surface area contributed by atoms with Gasteiger partial charge in [0.25, 0.3) is 0 Å². The van der Waals surface area contributed by atoms with Crippen LogP contribution in [0.4, 0.5) is 0 Å². The Hall–Kier alpha value is -1.92. The number of benzene rings is 1. The maximum Gasteiger partial charge on any atom is 0.307 e. The first-order valence-electron chi connectivity index (χ1n) is 9.62. The van der Waals surface area contributed by atoms with Crippen molar-refractivity contribution in [1.29, 1.82) is 0 Å². The zero-order chi connectivity index (χ0) is 19.4. The monoisotopic (exact) mass is 387 g/mol. The van der Waals surface area contributed by atoms with Crippen LogP contribution >= 0.6 is 11.3 Å². The van der Waals surface area contributed by atoms with Gasteiger partial charge in [0.15, 0.2) is 0 Å². The second kappa shape index (κ2) is 8.85. The molecule has 1 fully saturated rings. The zero-order valence-corrected chi connectivity index (χ0v) is 17.2. The molecule has 0 radical (unpaired) electrons. The maximum atomic E-state index is 12.1. The van der Waals surface area contributed by atoms with E-state index in [0.717, 1.165) is 41.0 Å². The van der Waals surface area contributed by atoms with E-state index in [4.69, 9.17) is 0 Å². The van der Waals surface area contributed by atoms with Gasteiger partial charge < -0.3 is 5.32 Å². The smallest absolute Gasteiger partial charge is 0.307 e. The highest BCUT2D eigenvalue weighted by atomic mass is 32.1. The maximum absolute atomic E-state index is 12.1. The normalized spacial score (nSPS) is 20.6. The van der Waals surface area contributed by atoms with E-state index in [0.29, 0.717) is 6.54 Å². The molecule has 1 aromatic heterocycles. The van der Waals surface area contributed by atoms with E-state index in [9.17, 15) is 9.59 Å². The SMILES string of the molecule is Cc1csc(=O)n1CC(=O)NCc1ccc(CN2C[C@H](C)C[C@H](C)C2)cc1. The van der Waals surface area contributed by atoms with Crippen LogP contribution in [0, 0.1) is 18.8 Å². The molecule has 0 aliphatic carbocycles. The Morgan fingerprint density at radius 3 is 2.37 bits per heavy atom. The van der Waals surface area contributed by atoms with Crippen LogP contribution in [0.3, 0.4) is 0 Å². The molecule has 1 aliphatic heterocycles. The fourth-order valence-electron chi connectivity index (χ4n) is 3.94. The highest BCUT2D eigenvalue weighted by Crippen LogP contribution is 2.22. The Morgan fingerprint density at radius 2 is 1.78 bits per heavy atom. The van der Waals surface area contributed by atoms with Gasteiger partial charge in [0.2, 0.25) is 5.91 Å². The Kier molecular flexibility index (Phi) is 6.50. The summed E-state index contributed by atoms with van der Waals surface area (Å²) in [6.45, 7) is 10.4. The first-order valence-corrected chi connectivity index (χ1v) is 10.5. The number of likely N-dealkylation sites (tertiary alicyclic amines) is 1. The third-order valence-corrected chi connectivity index (χ3v) is 6.02. The molecule has 6 heteroatoms. The van der Waals surface area contributed by atoms with Crippen LogP contribution in [-0.2, 0) is 24.4 Å². The van der Waals surface area contributed by atoms with Crippen molar-refractivity contribution >= 4 is 17.2 Å². The van der Waals surface area contributed by atoms with Crippen LogP contribution in [0.5, 0.6) is 0 Å². The molecule has 2 heterocycles. The van der Waals surface area contributed by atoms with Crippen LogP contribution < -0.4 is 10.2 Å². The lowest BCUT2D eigenvalue weighted by molar-refractivity contribution is -0.121. The van der Waals surface area contributed by atoms with Gasteiger partial charge in [-0.25, -0.2) is 0 Å². The molecule has 1 aliphatic rings. The highest BCUT2D eigenvalue weighted by Gasteiger charge is 2.21. The van der Waals surface area contributed by atoms with Crippen LogP contribution in [0.25, 0.3) is 0 Å². The lowest BCUT2D eigenvalue weighted by Gasteiger charge is -2.35. The molecule has 27 heavy (non-hydrogen) atoms. The number of nitrogens with one attached hydrogen (secondary N) is 1. The number of amides is 1. The number of hydrogen-bond donors (Lipinski definition) is 1. The number of nitrogens with zero attached hydrogens (tertiary/aromatic N) is 2. The number of hydrogen-bond acceptors (Lipinski definition) is 4. The van der Waals surface area contributed by atoms with Gasteiger partial charge in [0.1, 0.15) is 6.54 Å². The molecule has 0 saturated carbocycles. The number of carbonyl (C=O) groups excluding carboxylic acids is 1. The molecular weight excluding hydrogens is 358 g/mol. The number of thiazole rings is 1. The van der Waals surface area contributed by atoms with Gasteiger partial charge in [0, 0.05) is 37.3 Å². The second-order valence-corrected chi connectivity index (χ2v) is 8.78. The van der Waals surface area contributed by atoms with Gasteiger partial charge in [-0.2, -0.15) is 0 Å². The summed E-state index contributed by atoms with van der Waals surface area (Å²) in [6.07, 6.45) is 1.33.